The number of aliphatic hydroxyl groups is 1. The van der Waals surface area contributed by atoms with Gasteiger partial charge in [0.05, 0.1) is 6.61 Å². The Labute approximate surface area is 106 Å². The largest absolute Gasteiger partial charge is 0.463 e. The summed E-state index contributed by atoms with van der Waals surface area (Å²) in [6.07, 6.45) is 5.04. The van der Waals surface area contributed by atoms with Gasteiger partial charge in [0.15, 0.2) is 0 Å². The van der Waals surface area contributed by atoms with Gasteiger partial charge in [-0.15, -0.1) is 5.73 Å². The standard InChI is InChI=1S/C15H14O3/c1-2-18-14(16)15(17,13-10-6-7-11-13)12-8-4-3-5-9-12/h3-10,17H,2H2,1H3. The lowest BCUT2D eigenvalue weighted by molar-refractivity contribution is -0.161. The van der Waals surface area contributed by atoms with Crippen molar-refractivity contribution >= 4 is 5.97 Å². The molecule has 1 aromatic rings. The van der Waals surface area contributed by atoms with Crippen molar-refractivity contribution in [1.82, 2.24) is 0 Å². The SMILES string of the molecule is CCOC(=O)C(O)(C1=C=CC=C1)c1ccccc1. The van der Waals surface area contributed by atoms with Crippen LogP contribution in [0.25, 0.3) is 0 Å². The van der Waals surface area contributed by atoms with E-state index in [2.05, 4.69) is 5.73 Å². The number of rotatable bonds is 4. The number of esters is 1. The van der Waals surface area contributed by atoms with Gasteiger partial charge in [0.25, 0.3) is 0 Å². The van der Waals surface area contributed by atoms with E-state index in [0.717, 1.165) is 0 Å². The molecule has 1 N–H and O–H groups in total. The summed E-state index contributed by atoms with van der Waals surface area (Å²) in [6.45, 7) is 1.92. The number of allylic oxidation sites excluding steroid dienone is 1. The Bertz CT molecular complexity index is 536. The maximum atomic E-state index is 12.1. The molecular weight excluding hydrogens is 228 g/mol. The van der Waals surface area contributed by atoms with E-state index in [0.29, 0.717) is 11.1 Å². The summed E-state index contributed by atoms with van der Waals surface area (Å²) in [5.74, 6) is -0.682. The number of benzene rings is 1. The highest BCUT2D eigenvalue weighted by molar-refractivity contribution is 5.86. The molecule has 0 heterocycles. The molecule has 0 fully saturated rings. The van der Waals surface area contributed by atoms with Gasteiger partial charge >= 0.3 is 5.97 Å². The molecule has 2 rings (SSSR count). The van der Waals surface area contributed by atoms with Crippen molar-refractivity contribution in [2.75, 3.05) is 6.61 Å². The first-order valence-electron chi connectivity index (χ1n) is 5.78. The highest BCUT2D eigenvalue weighted by Crippen LogP contribution is 2.32. The second-order valence-electron chi connectivity index (χ2n) is 3.88. The minimum Gasteiger partial charge on any atom is -0.463 e. The van der Waals surface area contributed by atoms with Crippen molar-refractivity contribution in [1.29, 1.82) is 0 Å². The first kappa shape index (κ1) is 12.4. The number of hydrogen-bond acceptors (Lipinski definition) is 3. The van der Waals surface area contributed by atoms with E-state index in [9.17, 15) is 9.90 Å². The average molecular weight is 242 g/mol. The van der Waals surface area contributed by atoms with Gasteiger partial charge in [0, 0.05) is 11.1 Å². The maximum Gasteiger partial charge on any atom is 0.348 e. The molecule has 0 spiro atoms. The predicted octanol–water partition coefficient (Wildman–Crippen LogP) is 2.09. The van der Waals surface area contributed by atoms with Crippen molar-refractivity contribution in [3.63, 3.8) is 0 Å². The smallest absolute Gasteiger partial charge is 0.348 e. The van der Waals surface area contributed by atoms with Crippen LogP contribution in [0.5, 0.6) is 0 Å². The lowest BCUT2D eigenvalue weighted by atomic mass is 9.87. The van der Waals surface area contributed by atoms with E-state index in [1.54, 1.807) is 49.4 Å². The first-order chi connectivity index (χ1) is 8.69. The summed E-state index contributed by atoms with van der Waals surface area (Å²) in [5.41, 5.74) is 1.95. The summed E-state index contributed by atoms with van der Waals surface area (Å²) in [6, 6.07) is 8.74. The second kappa shape index (κ2) is 5.05. The molecule has 0 saturated carbocycles. The summed E-state index contributed by atoms with van der Waals surface area (Å²) >= 11 is 0. The molecule has 0 aromatic heterocycles. The molecular formula is C15H14O3. The lowest BCUT2D eigenvalue weighted by Crippen LogP contribution is -2.38. The highest BCUT2D eigenvalue weighted by atomic mass is 16.5. The molecule has 0 amide bonds. The zero-order valence-corrected chi connectivity index (χ0v) is 10.1. The van der Waals surface area contributed by atoms with E-state index in [-0.39, 0.29) is 6.61 Å². The fraction of sp³-hybridized carbons (Fsp3) is 0.200. The Hall–Kier alpha value is -2.09. The van der Waals surface area contributed by atoms with Gasteiger partial charge in [0.2, 0.25) is 5.60 Å². The zero-order valence-electron chi connectivity index (χ0n) is 10.1. The van der Waals surface area contributed by atoms with E-state index >= 15 is 0 Å². The first-order valence-corrected chi connectivity index (χ1v) is 5.78. The minimum atomic E-state index is -1.79. The van der Waals surface area contributed by atoms with Crippen LogP contribution in [0.3, 0.4) is 0 Å². The normalized spacial score (nSPS) is 16.2. The van der Waals surface area contributed by atoms with Crippen LogP contribution in [-0.2, 0) is 15.1 Å². The van der Waals surface area contributed by atoms with Crippen molar-refractivity contribution < 1.29 is 14.6 Å². The van der Waals surface area contributed by atoms with Gasteiger partial charge in [-0.1, -0.05) is 36.4 Å². The Morgan fingerprint density at radius 2 is 2.11 bits per heavy atom. The Morgan fingerprint density at radius 3 is 2.67 bits per heavy atom. The van der Waals surface area contributed by atoms with Gasteiger partial charge in [0.1, 0.15) is 0 Å². The molecule has 0 radical (unpaired) electrons. The van der Waals surface area contributed by atoms with Crippen molar-refractivity contribution in [2.24, 2.45) is 0 Å². The minimum absolute atomic E-state index is 0.217. The molecule has 18 heavy (non-hydrogen) atoms. The van der Waals surface area contributed by atoms with Crippen molar-refractivity contribution in [3.05, 3.63) is 65.4 Å². The third kappa shape index (κ3) is 2.02. The molecule has 0 aliphatic heterocycles. The Balaban J connectivity index is 2.50. The molecule has 1 aromatic carbocycles. The third-order valence-electron chi connectivity index (χ3n) is 2.75. The predicted molar refractivity (Wildman–Crippen MR) is 67.7 cm³/mol. The highest BCUT2D eigenvalue weighted by Gasteiger charge is 2.43. The molecule has 1 aliphatic rings. The van der Waals surface area contributed by atoms with E-state index < -0.39 is 11.6 Å². The van der Waals surface area contributed by atoms with Gasteiger partial charge in [-0.05, 0) is 19.1 Å². The van der Waals surface area contributed by atoms with Crippen LogP contribution in [0.1, 0.15) is 12.5 Å². The quantitative estimate of drug-likeness (QED) is 0.649. The number of hydrogen-bond donors (Lipinski definition) is 1. The van der Waals surface area contributed by atoms with Crippen LogP contribution in [0.15, 0.2) is 59.9 Å². The monoisotopic (exact) mass is 242 g/mol. The summed E-state index contributed by atoms with van der Waals surface area (Å²) in [5, 5.41) is 10.7. The topological polar surface area (TPSA) is 46.5 Å². The molecule has 1 atom stereocenters. The van der Waals surface area contributed by atoms with E-state index in [1.165, 1.54) is 0 Å². The van der Waals surface area contributed by atoms with Crippen LogP contribution in [0, 0.1) is 0 Å². The number of carbonyl (C=O) groups is 1. The number of carbonyl (C=O) groups excluding carboxylic acids is 1. The van der Waals surface area contributed by atoms with Gasteiger partial charge < -0.3 is 9.84 Å². The maximum absolute atomic E-state index is 12.1. The van der Waals surface area contributed by atoms with Crippen LogP contribution >= 0.6 is 0 Å². The molecule has 1 aliphatic carbocycles. The summed E-state index contributed by atoms with van der Waals surface area (Å²) < 4.78 is 4.98. The van der Waals surface area contributed by atoms with Crippen molar-refractivity contribution in [3.8, 4) is 0 Å². The van der Waals surface area contributed by atoms with Crippen LogP contribution < -0.4 is 0 Å². The zero-order chi connectivity index (χ0) is 13.0. The molecule has 3 heteroatoms. The average Bonchev–Trinajstić information content (AvgIpc) is 2.93. The number of ether oxygens (including phenoxy) is 1. The van der Waals surface area contributed by atoms with E-state index in [4.69, 9.17) is 4.74 Å². The molecule has 1 unspecified atom stereocenters. The fourth-order valence-electron chi connectivity index (χ4n) is 1.85. The molecule has 0 saturated heterocycles. The molecule has 92 valence electrons. The Kier molecular flexibility index (Phi) is 3.47. The van der Waals surface area contributed by atoms with Crippen molar-refractivity contribution in [2.45, 2.75) is 12.5 Å². The molecule has 3 nitrogen and oxygen atoms in total. The fourth-order valence-corrected chi connectivity index (χ4v) is 1.85. The van der Waals surface area contributed by atoms with Crippen LogP contribution in [-0.4, -0.2) is 17.7 Å². The van der Waals surface area contributed by atoms with Crippen LogP contribution in [0.2, 0.25) is 0 Å². The lowest BCUT2D eigenvalue weighted by Gasteiger charge is -2.25. The molecule has 0 bridgehead atoms. The Morgan fingerprint density at radius 1 is 1.39 bits per heavy atom. The summed E-state index contributed by atoms with van der Waals surface area (Å²) in [4.78, 5) is 12.1. The van der Waals surface area contributed by atoms with Gasteiger partial charge in [-0.2, -0.15) is 0 Å². The third-order valence-corrected chi connectivity index (χ3v) is 2.75. The van der Waals surface area contributed by atoms with Gasteiger partial charge in [-0.25, -0.2) is 4.79 Å². The van der Waals surface area contributed by atoms with E-state index in [1.807, 2.05) is 6.07 Å². The second-order valence-corrected chi connectivity index (χ2v) is 3.88. The summed E-state index contributed by atoms with van der Waals surface area (Å²) in [7, 11) is 0. The van der Waals surface area contributed by atoms with Gasteiger partial charge in [-0.3, -0.25) is 0 Å². The van der Waals surface area contributed by atoms with Crippen LogP contribution in [0.4, 0.5) is 0 Å².